The summed E-state index contributed by atoms with van der Waals surface area (Å²) in [4.78, 5) is 39.2. The van der Waals surface area contributed by atoms with E-state index in [0.717, 1.165) is 37.3 Å². The Morgan fingerprint density at radius 2 is 2.12 bits per heavy atom. The molecule has 1 N–H and O–H groups in total. The van der Waals surface area contributed by atoms with Crippen LogP contribution in [0.2, 0.25) is 0 Å². The van der Waals surface area contributed by atoms with Gasteiger partial charge in [-0.15, -0.1) is 0 Å². The number of amides is 1. The predicted octanol–water partition coefficient (Wildman–Crippen LogP) is 2.99. The van der Waals surface area contributed by atoms with Crippen molar-refractivity contribution in [1.82, 2.24) is 29.4 Å². The monoisotopic (exact) mass is 448 g/mol. The third-order valence-corrected chi connectivity index (χ3v) is 7.07. The number of carbonyl (C=O) groups is 1. The van der Waals surface area contributed by atoms with Crippen molar-refractivity contribution >= 4 is 11.6 Å². The lowest BCUT2D eigenvalue weighted by Gasteiger charge is -2.35. The van der Waals surface area contributed by atoms with Gasteiger partial charge in [0.2, 0.25) is 5.91 Å². The predicted molar refractivity (Wildman–Crippen MR) is 126 cm³/mol. The number of aromatic amines is 1. The molecule has 1 amide bonds. The second-order valence-corrected chi connectivity index (χ2v) is 9.70. The van der Waals surface area contributed by atoms with Gasteiger partial charge in [-0.3, -0.25) is 24.6 Å². The van der Waals surface area contributed by atoms with Crippen molar-refractivity contribution in [3.8, 4) is 0 Å². The number of fused-ring (bicyclic) bond motifs is 2. The van der Waals surface area contributed by atoms with Crippen LogP contribution in [0.1, 0.15) is 67.2 Å². The van der Waals surface area contributed by atoms with E-state index >= 15 is 0 Å². The molecule has 33 heavy (non-hydrogen) atoms. The number of nitrogens with one attached hydrogen (secondary N) is 1. The number of carbonyl (C=O) groups excluding carboxylic acids is 1. The summed E-state index contributed by atoms with van der Waals surface area (Å²) in [6, 6.07) is 4.34. The number of piperidine rings is 1. The summed E-state index contributed by atoms with van der Waals surface area (Å²) in [5, 5.41) is 3.37. The SMILES string of the molecule is Cc1cnccc1CN1CCCCC1c1cc2nc3c(c(=O)n2[nH]1)CN(C(=O)C(C)C)CC3. The highest BCUT2D eigenvalue weighted by Gasteiger charge is 2.29. The van der Waals surface area contributed by atoms with Gasteiger partial charge in [-0.25, -0.2) is 9.50 Å². The molecule has 0 spiro atoms. The van der Waals surface area contributed by atoms with Gasteiger partial charge in [0.15, 0.2) is 5.65 Å². The van der Waals surface area contributed by atoms with Crippen LogP contribution in [0.15, 0.2) is 29.3 Å². The van der Waals surface area contributed by atoms with E-state index in [2.05, 4.69) is 28.0 Å². The van der Waals surface area contributed by atoms with Crippen LogP contribution in [0.3, 0.4) is 0 Å². The molecule has 8 heteroatoms. The van der Waals surface area contributed by atoms with Crippen LogP contribution >= 0.6 is 0 Å². The molecule has 2 aliphatic heterocycles. The lowest BCUT2D eigenvalue weighted by atomic mass is 9.98. The van der Waals surface area contributed by atoms with Gasteiger partial charge in [-0.2, -0.15) is 0 Å². The molecule has 1 atom stereocenters. The highest BCUT2D eigenvalue weighted by Crippen LogP contribution is 2.32. The van der Waals surface area contributed by atoms with E-state index in [9.17, 15) is 9.59 Å². The van der Waals surface area contributed by atoms with Gasteiger partial charge in [-0.1, -0.05) is 20.3 Å². The average Bonchev–Trinajstić information content (AvgIpc) is 3.24. The number of pyridine rings is 1. The second kappa shape index (κ2) is 8.74. The first kappa shape index (κ1) is 21.8. The van der Waals surface area contributed by atoms with Crippen molar-refractivity contribution in [2.45, 2.75) is 65.6 Å². The van der Waals surface area contributed by atoms with Gasteiger partial charge in [-0.05, 0) is 43.5 Å². The van der Waals surface area contributed by atoms with E-state index in [1.54, 1.807) is 9.42 Å². The first-order valence-electron chi connectivity index (χ1n) is 12.0. The van der Waals surface area contributed by atoms with E-state index in [0.29, 0.717) is 30.7 Å². The molecule has 8 nitrogen and oxygen atoms in total. The highest BCUT2D eigenvalue weighted by atomic mass is 16.2. The Balaban J connectivity index is 1.47. The Hall–Kier alpha value is -3.00. The molecule has 5 heterocycles. The van der Waals surface area contributed by atoms with Gasteiger partial charge in [0, 0.05) is 43.9 Å². The van der Waals surface area contributed by atoms with Crippen molar-refractivity contribution in [1.29, 1.82) is 0 Å². The summed E-state index contributed by atoms with van der Waals surface area (Å²) in [5.41, 5.74) is 5.56. The summed E-state index contributed by atoms with van der Waals surface area (Å²) in [7, 11) is 0. The van der Waals surface area contributed by atoms with Crippen molar-refractivity contribution in [3.05, 3.63) is 63.0 Å². The van der Waals surface area contributed by atoms with Crippen molar-refractivity contribution in [3.63, 3.8) is 0 Å². The van der Waals surface area contributed by atoms with Gasteiger partial charge in [0.05, 0.1) is 29.5 Å². The van der Waals surface area contributed by atoms with Gasteiger partial charge in [0.25, 0.3) is 5.56 Å². The fraction of sp³-hybridized carbons (Fsp3) is 0.520. The summed E-state index contributed by atoms with van der Waals surface area (Å²) >= 11 is 0. The minimum Gasteiger partial charge on any atom is -0.337 e. The van der Waals surface area contributed by atoms with Gasteiger partial charge >= 0.3 is 0 Å². The molecular weight excluding hydrogens is 416 g/mol. The number of hydrogen-bond acceptors (Lipinski definition) is 5. The molecule has 5 rings (SSSR count). The van der Waals surface area contributed by atoms with E-state index in [1.165, 1.54) is 17.5 Å². The van der Waals surface area contributed by atoms with Crippen LogP contribution in [-0.4, -0.2) is 48.4 Å². The molecular formula is C25H32N6O2. The fourth-order valence-electron chi connectivity index (χ4n) is 5.15. The van der Waals surface area contributed by atoms with Crippen LogP contribution < -0.4 is 5.56 Å². The number of aryl methyl sites for hydroxylation is 1. The Morgan fingerprint density at radius 3 is 2.91 bits per heavy atom. The fourth-order valence-corrected chi connectivity index (χ4v) is 5.15. The van der Waals surface area contributed by atoms with E-state index < -0.39 is 0 Å². The van der Waals surface area contributed by atoms with Crippen molar-refractivity contribution < 1.29 is 4.79 Å². The summed E-state index contributed by atoms with van der Waals surface area (Å²) in [5.74, 6) is 0.00553. The summed E-state index contributed by atoms with van der Waals surface area (Å²) < 4.78 is 1.57. The minimum atomic E-state index is -0.0881. The number of rotatable bonds is 4. The molecule has 0 saturated carbocycles. The lowest BCUT2D eigenvalue weighted by Crippen LogP contribution is -2.41. The summed E-state index contributed by atoms with van der Waals surface area (Å²) in [6.45, 7) is 8.73. The van der Waals surface area contributed by atoms with Crippen LogP contribution in [0.4, 0.5) is 0 Å². The summed E-state index contributed by atoms with van der Waals surface area (Å²) in [6.07, 6.45) is 7.77. The molecule has 0 aliphatic carbocycles. The molecule has 0 radical (unpaired) electrons. The van der Waals surface area contributed by atoms with Crippen molar-refractivity contribution in [2.24, 2.45) is 5.92 Å². The minimum absolute atomic E-state index is 0.0793. The largest absolute Gasteiger partial charge is 0.337 e. The zero-order chi connectivity index (χ0) is 23.1. The maximum Gasteiger partial charge on any atom is 0.277 e. The molecule has 1 unspecified atom stereocenters. The Bertz CT molecular complexity index is 1240. The van der Waals surface area contributed by atoms with Gasteiger partial charge < -0.3 is 4.90 Å². The van der Waals surface area contributed by atoms with Crippen molar-refractivity contribution in [2.75, 3.05) is 13.1 Å². The first-order chi connectivity index (χ1) is 15.9. The topological polar surface area (TPSA) is 86.6 Å². The highest BCUT2D eigenvalue weighted by molar-refractivity contribution is 5.78. The van der Waals surface area contributed by atoms with Gasteiger partial charge in [0.1, 0.15) is 0 Å². The van der Waals surface area contributed by atoms with Crippen LogP contribution in [0, 0.1) is 12.8 Å². The number of H-pyrrole nitrogens is 1. The Kier molecular flexibility index (Phi) is 5.78. The molecule has 0 aromatic carbocycles. The van der Waals surface area contributed by atoms with Crippen LogP contribution in [-0.2, 0) is 24.3 Å². The molecule has 1 fully saturated rings. The smallest absolute Gasteiger partial charge is 0.277 e. The second-order valence-electron chi connectivity index (χ2n) is 9.70. The molecule has 174 valence electrons. The molecule has 3 aromatic heterocycles. The maximum atomic E-state index is 13.4. The normalized spacial score (nSPS) is 19.3. The molecule has 3 aromatic rings. The zero-order valence-electron chi connectivity index (χ0n) is 19.7. The Morgan fingerprint density at radius 1 is 1.27 bits per heavy atom. The van der Waals surface area contributed by atoms with Crippen LogP contribution in [0.5, 0.6) is 0 Å². The number of nitrogens with zero attached hydrogens (tertiary/aromatic N) is 5. The molecule has 2 aliphatic rings. The van der Waals surface area contributed by atoms with E-state index in [1.807, 2.05) is 32.3 Å². The average molecular weight is 449 g/mol. The molecule has 0 bridgehead atoms. The number of aromatic nitrogens is 4. The Labute approximate surface area is 193 Å². The van der Waals surface area contributed by atoms with E-state index in [4.69, 9.17) is 4.98 Å². The molecule has 1 saturated heterocycles. The third-order valence-electron chi connectivity index (χ3n) is 7.07. The number of likely N-dealkylation sites (tertiary alicyclic amines) is 1. The third kappa shape index (κ3) is 4.08. The number of hydrogen-bond donors (Lipinski definition) is 1. The van der Waals surface area contributed by atoms with Crippen LogP contribution in [0.25, 0.3) is 5.65 Å². The maximum absolute atomic E-state index is 13.4. The standard InChI is InChI=1S/C25H32N6O2/c1-16(2)24(32)30-11-8-20-19(15-30)25(33)31-23(27-20)12-21(28-31)22-6-4-5-10-29(22)14-18-7-9-26-13-17(18)3/h7,9,12-13,16,22,28H,4-6,8,10-11,14-15H2,1-3H3. The quantitative estimate of drug-likeness (QED) is 0.663. The first-order valence-corrected chi connectivity index (χ1v) is 12.0. The lowest BCUT2D eigenvalue weighted by molar-refractivity contribution is -0.135. The van der Waals surface area contributed by atoms with E-state index in [-0.39, 0.29) is 23.4 Å². The zero-order valence-corrected chi connectivity index (χ0v) is 19.7.